The summed E-state index contributed by atoms with van der Waals surface area (Å²) in [6.45, 7) is 10.5. The van der Waals surface area contributed by atoms with Gasteiger partial charge in [-0.15, -0.1) is 0 Å². The molecule has 11 N–H and O–H groups in total. The molecule has 18 heteroatoms. The number of aliphatic hydroxyl groups is 11. The molecular formula is C39H64O18. The molecule has 0 aromatic heterocycles. The van der Waals surface area contributed by atoms with E-state index in [1.54, 1.807) is 0 Å². The van der Waals surface area contributed by atoms with Crippen LogP contribution in [0.2, 0.25) is 0 Å². The first-order valence-corrected chi connectivity index (χ1v) is 20.2. The number of fused-ring (bicyclic) bond motifs is 3. The smallest absolute Gasteiger partial charge is 0.314 e. The van der Waals surface area contributed by atoms with E-state index in [2.05, 4.69) is 20.4 Å². The van der Waals surface area contributed by atoms with Crippen LogP contribution in [0.25, 0.3) is 0 Å². The Labute approximate surface area is 331 Å². The number of aliphatic hydroxyl groups excluding tert-OH is 11. The fourth-order valence-corrected chi connectivity index (χ4v) is 11.2. The predicted molar refractivity (Wildman–Crippen MR) is 193 cm³/mol. The molecule has 0 aromatic carbocycles. The summed E-state index contributed by atoms with van der Waals surface area (Å²) < 4.78 is 35.6. The van der Waals surface area contributed by atoms with Crippen molar-refractivity contribution in [3.63, 3.8) is 0 Å². The number of carbonyl (C=O) groups is 1. The summed E-state index contributed by atoms with van der Waals surface area (Å²) in [7, 11) is 0. The fraction of sp³-hybridized carbons (Fsp3) is 0.923. The molecule has 0 amide bonds. The summed E-state index contributed by atoms with van der Waals surface area (Å²) in [5.74, 6) is -1.22. The molecule has 3 saturated heterocycles. The maximum Gasteiger partial charge on any atom is 0.314 e. The number of ether oxygens (including phenoxy) is 6. The molecular weight excluding hydrogens is 756 g/mol. The molecule has 0 aromatic rings. The molecule has 57 heavy (non-hydrogen) atoms. The van der Waals surface area contributed by atoms with Crippen LogP contribution in [0.4, 0.5) is 0 Å². The highest BCUT2D eigenvalue weighted by Gasteiger charge is 2.64. The molecule has 0 bridgehead atoms. The van der Waals surface area contributed by atoms with Gasteiger partial charge in [0.05, 0.1) is 31.3 Å². The van der Waals surface area contributed by atoms with Crippen LogP contribution in [0, 0.1) is 34.0 Å². The highest BCUT2D eigenvalue weighted by atomic mass is 16.8. The van der Waals surface area contributed by atoms with Gasteiger partial charge in [0, 0.05) is 5.92 Å². The van der Waals surface area contributed by atoms with E-state index in [0.717, 1.165) is 18.4 Å². The average Bonchev–Trinajstić information content (AvgIpc) is 3.27. The van der Waals surface area contributed by atoms with Crippen molar-refractivity contribution in [2.45, 2.75) is 171 Å². The Balaban J connectivity index is 1.27. The molecule has 16 unspecified atom stereocenters. The second-order valence-corrected chi connectivity index (χ2v) is 18.2. The molecule has 3 aliphatic carbocycles. The van der Waals surface area contributed by atoms with Gasteiger partial charge in [-0.05, 0) is 68.1 Å². The standard InChI is InChI=1S/C39H64O18/c1-16-12-37(3)10-7-22-38(4,8-6-9-39(22,5)36(51)57-34-31(50)28(47)25(44)20(14-41)54-34)23(37)11-18(17(16)2)52-35-32(29(48)26(45)21(15-42)55-35)56-33-30(49)27(46)24(43)19(13-40)53-33/h17-35,40-50H,1,6-15H2,2-5H3/t17-,18?,19?,20?,21?,22+,23-,24?,25?,26?,27?,28?,29?,30?,31?,32?,33?,34?,35?,37-,38-,39-/m1/s1. The van der Waals surface area contributed by atoms with Gasteiger partial charge in [-0.2, -0.15) is 0 Å². The molecule has 6 aliphatic rings. The van der Waals surface area contributed by atoms with Crippen molar-refractivity contribution in [3.05, 3.63) is 12.2 Å². The second-order valence-electron chi connectivity index (χ2n) is 18.2. The van der Waals surface area contributed by atoms with E-state index < -0.39 is 135 Å². The van der Waals surface area contributed by atoms with E-state index in [-0.39, 0.29) is 23.2 Å². The van der Waals surface area contributed by atoms with Crippen LogP contribution in [0.5, 0.6) is 0 Å². The normalized spacial score (nSPS) is 53.3. The highest BCUT2D eigenvalue weighted by Crippen LogP contribution is 2.68. The maximum absolute atomic E-state index is 14.2. The van der Waals surface area contributed by atoms with E-state index in [0.29, 0.717) is 32.1 Å². The van der Waals surface area contributed by atoms with Gasteiger partial charge in [0.2, 0.25) is 6.29 Å². The zero-order valence-electron chi connectivity index (χ0n) is 33.0. The van der Waals surface area contributed by atoms with Gasteiger partial charge in [-0.3, -0.25) is 4.79 Å². The number of hydrogen-bond acceptors (Lipinski definition) is 18. The monoisotopic (exact) mass is 820 g/mol. The van der Waals surface area contributed by atoms with E-state index in [1.807, 2.05) is 13.8 Å². The lowest BCUT2D eigenvalue weighted by molar-refractivity contribution is -0.373. The third-order valence-corrected chi connectivity index (χ3v) is 14.7. The summed E-state index contributed by atoms with van der Waals surface area (Å²) in [5, 5.41) is 114. The molecule has 22 atom stereocenters. The first-order valence-electron chi connectivity index (χ1n) is 20.2. The van der Waals surface area contributed by atoms with Crippen molar-refractivity contribution in [3.8, 4) is 0 Å². The van der Waals surface area contributed by atoms with Gasteiger partial charge < -0.3 is 84.6 Å². The van der Waals surface area contributed by atoms with Crippen molar-refractivity contribution >= 4 is 5.97 Å². The molecule has 6 fully saturated rings. The average molecular weight is 821 g/mol. The summed E-state index contributed by atoms with van der Waals surface area (Å²) in [4.78, 5) is 14.2. The quantitative estimate of drug-likeness (QED) is 0.0850. The zero-order chi connectivity index (χ0) is 41.9. The van der Waals surface area contributed by atoms with Crippen LogP contribution in [0.15, 0.2) is 12.2 Å². The molecule has 0 radical (unpaired) electrons. The van der Waals surface area contributed by atoms with Crippen LogP contribution in [-0.2, 0) is 33.2 Å². The summed E-state index contributed by atoms with van der Waals surface area (Å²) in [6, 6.07) is 0. The van der Waals surface area contributed by atoms with E-state index in [1.165, 1.54) is 0 Å². The molecule has 0 spiro atoms. The van der Waals surface area contributed by atoms with Crippen molar-refractivity contribution in [1.29, 1.82) is 0 Å². The maximum atomic E-state index is 14.2. The zero-order valence-corrected chi connectivity index (χ0v) is 33.0. The Morgan fingerprint density at radius 3 is 1.79 bits per heavy atom. The Bertz CT molecular complexity index is 1420. The molecule has 3 aliphatic heterocycles. The lowest BCUT2D eigenvalue weighted by Crippen LogP contribution is -2.65. The highest BCUT2D eigenvalue weighted by molar-refractivity contribution is 5.77. The van der Waals surface area contributed by atoms with Crippen LogP contribution >= 0.6 is 0 Å². The number of carbonyl (C=O) groups excluding carboxylic acids is 1. The van der Waals surface area contributed by atoms with Gasteiger partial charge >= 0.3 is 5.97 Å². The third kappa shape index (κ3) is 7.97. The van der Waals surface area contributed by atoms with Crippen molar-refractivity contribution in [2.24, 2.45) is 34.0 Å². The first kappa shape index (κ1) is 45.1. The minimum absolute atomic E-state index is 0.0901. The minimum atomic E-state index is -1.83. The van der Waals surface area contributed by atoms with Crippen LogP contribution in [-0.4, -0.2) is 180 Å². The molecule has 6 rings (SSSR count). The number of esters is 1. The molecule has 328 valence electrons. The Kier molecular flexibility index (Phi) is 13.6. The van der Waals surface area contributed by atoms with Gasteiger partial charge in [0.15, 0.2) is 12.6 Å². The summed E-state index contributed by atoms with van der Waals surface area (Å²) in [6.07, 6.45) is -20.2. The fourth-order valence-electron chi connectivity index (χ4n) is 11.2. The second kappa shape index (κ2) is 17.1. The minimum Gasteiger partial charge on any atom is -0.432 e. The lowest BCUT2D eigenvalue weighted by atomic mass is 9.42. The van der Waals surface area contributed by atoms with Crippen molar-refractivity contribution < 1.29 is 89.4 Å². The Morgan fingerprint density at radius 1 is 0.684 bits per heavy atom. The molecule has 3 saturated carbocycles. The predicted octanol–water partition coefficient (Wildman–Crippen LogP) is -2.45. The SMILES string of the molecule is C=C1C[C@@]2(C)CC[C@H]3[C@@](C)(CCC[C@@]3(C)C(=O)OC3OC(CO)C(O)C(O)C3O)[C@@H]2CC(OC2OC(CO)C(O)C(O)C2OC2OC(CO)C(O)C(O)C2O)[C@@H]1C. The Hall–Kier alpha value is -1.43. The summed E-state index contributed by atoms with van der Waals surface area (Å²) in [5.41, 5.74) is -0.932. The van der Waals surface area contributed by atoms with Gasteiger partial charge in [0.1, 0.15) is 73.2 Å². The molecule has 3 heterocycles. The van der Waals surface area contributed by atoms with E-state index in [4.69, 9.17) is 28.4 Å². The van der Waals surface area contributed by atoms with Gasteiger partial charge in [-0.25, -0.2) is 0 Å². The van der Waals surface area contributed by atoms with E-state index >= 15 is 0 Å². The third-order valence-electron chi connectivity index (χ3n) is 14.7. The number of rotatable bonds is 9. The van der Waals surface area contributed by atoms with E-state index in [9.17, 15) is 61.0 Å². The topological polar surface area (TPSA) is 295 Å². The number of hydrogen-bond donors (Lipinski definition) is 11. The van der Waals surface area contributed by atoms with Gasteiger partial charge in [0.25, 0.3) is 0 Å². The van der Waals surface area contributed by atoms with Gasteiger partial charge in [-0.1, -0.05) is 39.3 Å². The lowest BCUT2D eigenvalue weighted by Gasteiger charge is -2.62. The summed E-state index contributed by atoms with van der Waals surface area (Å²) >= 11 is 0. The van der Waals surface area contributed by atoms with Crippen LogP contribution < -0.4 is 0 Å². The Morgan fingerprint density at radius 2 is 1.21 bits per heavy atom. The van der Waals surface area contributed by atoms with Crippen LogP contribution in [0.3, 0.4) is 0 Å². The first-order chi connectivity index (χ1) is 26.8. The van der Waals surface area contributed by atoms with Crippen molar-refractivity contribution in [1.82, 2.24) is 0 Å². The van der Waals surface area contributed by atoms with Crippen molar-refractivity contribution in [2.75, 3.05) is 19.8 Å². The van der Waals surface area contributed by atoms with Crippen LogP contribution in [0.1, 0.15) is 72.6 Å². The molecule has 18 nitrogen and oxygen atoms in total. The largest absolute Gasteiger partial charge is 0.432 e.